The standard InChI is InChI=1S/C18H30N.C18H35Si3.BrH.Sb/c1-16(2,3)12-10-13(17(4,5)6)15(19)14(11-12)18(7,8)9;1-19(2,3)13-16-10-17(14-20(4,5)6)12-18(11-16)15-21(7,8)9;;/h10-11,19H,1-9H3;10-11H,13-15H2,1-9H3;1H;/q-1;;;/p-1. The Hall–Kier alpha value is 0.189. The van der Waals surface area contributed by atoms with Gasteiger partial charge in [0.15, 0.2) is 0 Å². The minimum Gasteiger partial charge on any atom is -1.00 e. The van der Waals surface area contributed by atoms with E-state index in [4.69, 9.17) is 5.73 Å². The second-order valence-corrected chi connectivity index (χ2v) is 35.4. The first-order chi connectivity index (χ1) is 17.5. The van der Waals surface area contributed by atoms with E-state index in [2.05, 4.69) is 152 Å². The molecular formula is C36H65BrNSbSi3-2. The van der Waals surface area contributed by atoms with E-state index in [0.717, 1.165) is 11.1 Å². The summed E-state index contributed by atoms with van der Waals surface area (Å²) >= 11 is 0. The second-order valence-electron chi connectivity index (χ2n) is 18.9. The van der Waals surface area contributed by atoms with Crippen molar-refractivity contribution in [3.8, 4) is 0 Å². The van der Waals surface area contributed by atoms with Gasteiger partial charge in [0.25, 0.3) is 0 Å². The van der Waals surface area contributed by atoms with E-state index in [1.807, 2.05) is 0 Å². The van der Waals surface area contributed by atoms with Crippen LogP contribution in [0.5, 0.6) is 0 Å². The Morgan fingerprint density at radius 2 is 0.857 bits per heavy atom. The maximum absolute atomic E-state index is 8.56. The molecule has 2 aromatic carbocycles. The fraction of sp³-hybridized carbons (Fsp3) is 0.667. The first-order valence-electron chi connectivity index (χ1n) is 15.4. The zero-order valence-electron chi connectivity index (χ0n) is 30.8. The third-order valence-electron chi connectivity index (χ3n) is 6.84. The zero-order chi connectivity index (χ0) is 31.7. The molecule has 2 rings (SSSR count). The molecular weight excluding hydrogens is 732 g/mol. The monoisotopic (exact) mass is 795 g/mol. The van der Waals surface area contributed by atoms with Crippen molar-refractivity contribution in [3.63, 3.8) is 0 Å². The maximum Gasteiger partial charge on any atom is 0.0487 e. The summed E-state index contributed by atoms with van der Waals surface area (Å²) in [6.07, 6.45) is 0. The maximum atomic E-state index is 8.56. The Bertz CT molecular complexity index is 1010. The number of benzene rings is 2. The molecule has 2 aromatic rings. The van der Waals surface area contributed by atoms with Crippen LogP contribution in [0, 0.1) is 6.07 Å². The Morgan fingerprint density at radius 1 is 0.548 bits per heavy atom. The Kier molecular flexibility index (Phi) is 16.5. The van der Waals surface area contributed by atoms with Crippen LogP contribution >= 0.6 is 0 Å². The third-order valence-corrected chi connectivity index (χ3v) is 11.2. The van der Waals surface area contributed by atoms with Gasteiger partial charge >= 0.3 is 0 Å². The molecule has 0 unspecified atom stereocenters. The molecule has 0 saturated carbocycles. The zero-order valence-corrected chi connectivity index (χ0v) is 37.9. The summed E-state index contributed by atoms with van der Waals surface area (Å²) in [5.74, 6) is 0. The molecule has 0 aromatic heterocycles. The first kappa shape index (κ1) is 44.3. The molecule has 0 aliphatic rings. The summed E-state index contributed by atoms with van der Waals surface area (Å²) in [5.41, 5.74) is 17.6. The van der Waals surface area contributed by atoms with E-state index >= 15 is 0 Å². The molecule has 6 heteroatoms. The summed E-state index contributed by atoms with van der Waals surface area (Å²) in [4.78, 5) is 0. The van der Waals surface area contributed by atoms with Crippen LogP contribution in [0.3, 0.4) is 0 Å². The molecule has 0 amide bonds. The van der Waals surface area contributed by atoms with E-state index in [9.17, 15) is 0 Å². The van der Waals surface area contributed by atoms with E-state index in [1.54, 1.807) is 5.56 Å². The van der Waals surface area contributed by atoms with Crippen molar-refractivity contribution >= 4 is 54.3 Å². The number of nitrogens with one attached hydrogen (secondary N) is 1. The van der Waals surface area contributed by atoms with Crippen molar-refractivity contribution in [2.75, 3.05) is 0 Å². The predicted octanol–water partition coefficient (Wildman–Crippen LogP) is 8.63. The Balaban J connectivity index is 0. The first-order valence-corrected chi connectivity index (χ1v) is 26.6. The molecule has 0 bridgehead atoms. The van der Waals surface area contributed by atoms with Crippen LogP contribution in [0.1, 0.15) is 95.7 Å². The summed E-state index contributed by atoms with van der Waals surface area (Å²) < 4.78 is 0. The fourth-order valence-electron chi connectivity index (χ4n) is 5.07. The summed E-state index contributed by atoms with van der Waals surface area (Å²) in [6.45, 7) is 42.1. The minimum atomic E-state index is -1.07. The van der Waals surface area contributed by atoms with Crippen molar-refractivity contribution in [1.29, 1.82) is 0 Å². The van der Waals surface area contributed by atoms with Crippen molar-refractivity contribution in [3.05, 3.63) is 69.4 Å². The van der Waals surface area contributed by atoms with Gasteiger partial charge in [-0.25, -0.2) is 0 Å². The van der Waals surface area contributed by atoms with Gasteiger partial charge in [0.05, 0.1) is 0 Å². The average Bonchev–Trinajstić information content (AvgIpc) is 2.61. The van der Waals surface area contributed by atoms with Crippen LogP contribution in [0.15, 0.2) is 24.3 Å². The topological polar surface area (TPSA) is 23.8 Å². The van der Waals surface area contributed by atoms with Crippen LogP contribution in [0.4, 0.5) is 5.69 Å². The third kappa shape index (κ3) is 16.5. The van der Waals surface area contributed by atoms with Crippen LogP contribution in [0.2, 0.25) is 58.9 Å². The van der Waals surface area contributed by atoms with Gasteiger partial charge in [0.1, 0.15) is 0 Å². The van der Waals surface area contributed by atoms with E-state index in [-0.39, 0.29) is 57.7 Å². The smallest absolute Gasteiger partial charge is 0.0487 e. The van der Waals surface area contributed by atoms with Crippen molar-refractivity contribution in [2.45, 2.75) is 156 Å². The normalized spacial score (nSPS) is 13.0. The van der Waals surface area contributed by atoms with Crippen LogP contribution in [-0.2, 0) is 34.4 Å². The fourth-order valence-corrected chi connectivity index (χ4v) is 9.17. The van der Waals surface area contributed by atoms with Crippen LogP contribution < -0.4 is 17.0 Å². The molecule has 0 aliphatic heterocycles. The molecule has 1 nitrogen and oxygen atoms in total. The summed E-state index contributed by atoms with van der Waals surface area (Å²) in [7, 11) is -3.19. The number of hydrogen-bond acceptors (Lipinski definition) is 0. The summed E-state index contributed by atoms with van der Waals surface area (Å²) in [5, 5.41) is 0. The molecule has 4 radical (unpaired) electrons. The molecule has 0 aliphatic carbocycles. The molecule has 1 N–H and O–H groups in total. The van der Waals surface area contributed by atoms with Gasteiger partial charge in [-0.15, -0.1) is 5.69 Å². The molecule has 0 atom stereocenters. The average molecular weight is 798 g/mol. The Morgan fingerprint density at radius 3 is 1.10 bits per heavy atom. The second kappa shape index (κ2) is 15.7. The minimum absolute atomic E-state index is 0. The van der Waals surface area contributed by atoms with Crippen molar-refractivity contribution in [2.24, 2.45) is 0 Å². The SMILES string of the molecule is CC(C)(C)c1cc(C(C)(C)C)c([NH-])c(C(C)(C)C)c1.C[Si](C)(C)Cc1[c]c(C[Si](C)(C)C)cc(C[Si](C)(C)C)c1.[Br-].[Sb]. The van der Waals surface area contributed by atoms with Crippen LogP contribution in [-0.4, -0.2) is 48.6 Å². The van der Waals surface area contributed by atoms with Crippen LogP contribution in [0.25, 0.3) is 5.73 Å². The van der Waals surface area contributed by atoms with E-state index in [0.29, 0.717) is 5.69 Å². The molecule has 0 saturated heterocycles. The van der Waals surface area contributed by atoms with Gasteiger partial charge in [-0.05, 0) is 57.1 Å². The predicted molar refractivity (Wildman–Crippen MR) is 199 cm³/mol. The number of rotatable bonds is 6. The molecule has 0 spiro atoms. The van der Waals surface area contributed by atoms with Gasteiger partial charge in [-0.2, -0.15) is 0 Å². The van der Waals surface area contributed by atoms with Gasteiger partial charge in [0, 0.05) is 48.6 Å². The largest absolute Gasteiger partial charge is 1.00 e. The molecule has 0 heterocycles. The van der Waals surface area contributed by atoms with Gasteiger partial charge in [-0.1, -0.05) is 162 Å². The molecule has 42 heavy (non-hydrogen) atoms. The van der Waals surface area contributed by atoms with E-state index < -0.39 is 24.2 Å². The van der Waals surface area contributed by atoms with Gasteiger partial charge in [-0.3, -0.25) is 0 Å². The number of hydrogen-bond donors (Lipinski definition) is 0. The van der Waals surface area contributed by atoms with Crippen molar-refractivity contribution in [1.82, 2.24) is 0 Å². The van der Waals surface area contributed by atoms with Crippen molar-refractivity contribution < 1.29 is 17.0 Å². The Labute approximate surface area is 294 Å². The quantitative estimate of drug-likeness (QED) is 0.262. The molecule has 0 fully saturated rings. The molecule has 240 valence electrons. The van der Waals surface area contributed by atoms with Gasteiger partial charge < -0.3 is 22.7 Å². The van der Waals surface area contributed by atoms with E-state index in [1.165, 1.54) is 34.8 Å². The number of halogens is 1. The summed E-state index contributed by atoms with van der Waals surface area (Å²) in [6, 6.07) is 17.0. The van der Waals surface area contributed by atoms with Gasteiger partial charge in [0.2, 0.25) is 0 Å².